The van der Waals surface area contributed by atoms with Crippen LogP contribution >= 0.6 is 0 Å². The number of methoxy groups -OCH3 is 2. The molecule has 116 valence electrons. The Balaban J connectivity index is 2.22. The topological polar surface area (TPSA) is 88.0 Å². The molecule has 2 heterocycles. The summed E-state index contributed by atoms with van der Waals surface area (Å²) in [6.07, 6.45) is -0.655. The van der Waals surface area contributed by atoms with E-state index in [0.717, 1.165) is 0 Å². The molecule has 8 heteroatoms. The molecule has 0 unspecified atom stereocenters. The fourth-order valence-corrected chi connectivity index (χ4v) is 2.20. The number of β-amino-alcohol motifs (C(OH)–C–C–N with tert-alkyl or cyclic N) is 1. The molecule has 21 heavy (non-hydrogen) atoms. The van der Waals surface area contributed by atoms with Gasteiger partial charge in [-0.25, -0.2) is 0 Å². The third-order valence-electron chi connectivity index (χ3n) is 3.32. The molecule has 1 saturated heterocycles. The van der Waals surface area contributed by atoms with Crippen molar-refractivity contribution in [3.05, 3.63) is 6.07 Å². The van der Waals surface area contributed by atoms with Gasteiger partial charge in [-0.05, 0) is 0 Å². The van der Waals surface area contributed by atoms with Crippen molar-refractivity contribution in [2.24, 2.45) is 0 Å². The van der Waals surface area contributed by atoms with Gasteiger partial charge in [0.05, 0.1) is 26.4 Å². The second-order valence-electron chi connectivity index (χ2n) is 4.82. The highest BCUT2D eigenvalue weighted by Crippen LogP contribution is 2.21. The van der Waals surface area contributed by atoms with Crippen molar-refractivity contribution in [3.8, 4) is 11.8 Å². The highest BCUT2D eigenvalue weighted by molar-refractivity contribution is 5.73. The molecule has 0 spiro atoms. The van der Waals surface area contributed by atoms with Gasteiger partial charge in [0, 0.05) is 33.1 Å². The molecule has 0 bridgehead atoms. The van der Waals surface area contributed by atoms with Crippen LogP contribution in [0.25, 0.3) is 0 Å². The summed E-state index contributed by atoms with van der Waals surface area (Å²) in [5, 5.41) is 10.0. The number of aliphatic hydroxyl groups is 1. The molecule has 1 aliphatic heterocycles. The van der Waals surface area contributed by atoms with Gasteiger partial charge >= 0.3 is 0 Å². The Labute approximate surface area is 123 Å². The van der Waals surface area contributed by atoms with Gasteiger partial charge in [-0.3, -0.25) is 4.79 Å². The fraction of sp³-hybridized carbons (Fsp3) is 0.615. The Bertz CT molecular complexity index is 489. The van der Waals surface area contributed by atoms with Gasteiger partial charge in [0.2, 0.25) is 23.6 Å². The van der Waals surface area contributed by atoms with E-state index in [1.165, 1.54) is 21.1 Å². The molecule has 8 nitrogen and oxygen atoms in total. The van der Waals surface area contributed by atoms with E-state index >= 15 is 0 Å². The lowest BCUT2D eigenvalue weighted by atomic mass is 10.3. The van der Waals surface area contributed by atoms with Crippen LogP contribution in [0.2, 0.25) is 0 Å². The number of anilines is 1. The van der Waals surface area contributed by atoms with E-state index in [1.54, 1.807) is 11.0 Å². The van der Waals surface area contributed by atoms with Crippen molar-refractivity contribution in [1.29, 1.82) is 0 Å². The molecule has 0 aromatic carbocycles. The van der Waals surface area contributed by atoms with Crippen LogP contribution in [-0.4, -0.2) is 72.4 Å². The highest BCUT2D eigenvalue weighted by Gasteiger charge is 2.24. The standard InChI is InChI=1S/C13H20N4O4/c1-9(18)16-4-5-17(8-10(19)7-16)13-14-11(20-2)6-12(15-13)21-3/h6,10,19H,4-5,7-8H2,1-3H3/t10-/m0/s1. The third-order valence-corrected chi connectivity index (χ3v) is 3.32. The summed E-state index contributed by atoms with van der Waals surface area (Å²) >= 11 is 0. The Kier molecular flexibility index (Phi) is 4.79. The van der Waals surface area contributed by atoms with E-state index in [9.17, 15) is 9.90 Å². The van der Waals surface area contributed by atoms with Crippen molar-refractivity contribution in [1.82, 2.24) is 14.9 Å². The van der Waals surface area contributed by atoms with Crippen LogP contribution < -0.4 is 14.4 Å². The molecule has 1 amide bonds. The van der Waals surface area contributed by atoms with Crippen LogP contribution in [-0.2, 0) is 4.79 Å². The minimum absolute atomic E-state index is 0.0555. The first-order valence-corrected chi connectivity index (χ1v) is 6.69. The number of aromatic nitrogens is 2. The van der Waals surface area contributed by atoms with Crippen LogP contribution in [0.4, 0.5) is 5.95 Å². The normalized spacial score (nSPS) is 19.1. The van der Waals surface area contributed by atoms with Gasteiger partial charge in [-0.15, -0.1) is 0 Å². The summed E-state index contributed by atoms with van der Waals surface area (Å²) in [7, 11) is 3.03. The van der Waals surface area contributed by atoms with E-state index in [4.69, 9.17) is 9.47 Å². The number of hydrogen-bond donors (Lipinski definition) is 1. The number of ether oxygens (including phenoxy) is 2. The van der Waals surface area contributed by atoms with Gasteiger partial charge in [0.15, 0.2) is 0 Å². The summed E-state index contributed by atoms with van der Waals surface area (Å²) in [5.74, 6) is 1.13. The average molecular weight is 296 g/mol. The van der Waals surface area contributed by atoms with Gasteiger partial charge in [0.25, 0.3) is 0 Å². The Morgan fingerprint density at radius 2 is 1.86 bits per heavy atom. The maximum absolute atomic E-state index is 11.5. The predicted molar refractivity (Wildman–Crippen MR) is 75.6 cm³/mol. The number of rotatable bonds is 3. The summed E-state index contributed by atoms with van der Waals surface area (Å²) in [5.41, 5.74) is 0. The lowest BCUT2D eigenvalue weighted by Crippen LogP contribution is -2.36. The Hall–Kier alpha value is -2.09. The van der Waals surface area contributed by atoms with Gasteiger partial charge in [-0.2, -0.15) is 9.97 Å². The summed E-state index contributed by atoms with van der Waals surface area (Å²) < 4.78 is 10.2. The highest BCUT2D eigenvalue weighted by atomic mass is 16.5. The lowest BCUT2D eigenvalue weighted by Gasteiger charge is -2.22. The van der Waals surface area contributed by atoms with E-state index in [-0.39, 0.29) is 5.91 Å². The molecule has 1 aromatic rings. The lowest BCUT2D eigenvalue weighted by molar-refractivity contribution is -0.129. The van der Waals surface area contributed by atoms with Crippen LogP contribution in [0, 0.1) is 0 Å². The zero-order valence-electron chi connectivity index (χ0n) is 12.4. The monoisotopic (exact) mass is 296 g/mol. The predicted octanol–water partition coefficient (Wildman–Crippen LogP) is -0.477. The van der Waals surface area contributed by atoms with Crippen molar-refractivity contribution in [3.63, 3.8) is 0 Å². The first-order chi connectivity index (χ1) is 10.0. The third kappa shape index (κ3) is 3.72. The molecule has 0 radical (unpaired) electrons. The zero-order valence-corrected chi connectivity index (χ0v) is 12.4. The van der Waals surface area contributed by atoms with E-state index in [2.05, 4.69) is 9.97 Å². The van der Waals surface area contributed by atoms with Crippen LogP contribution in [0.5, 0.6) is 11.8 Å². The molecule has 1 aliphatic rings. The SMILES string of the molecule is COc1cc(OC)nc(N2CCN(C(C)=O)C[C@H](O)C2)n1. The first-order valence-electron chi connectivity index (χ1n) is 6.69. The largest absolute Gasteiger partial charge is 0.481 e. The minimum Gasteiger partial charge on any atom is -0.481 e. The number of nitrogens with zero attached hydrogens (tertiary/aromatic N) is 4. The maximum Gasteiger partial charge on any atom is 0.232 e. The van der Waals surface area contributed by atoms with E-state index in [1.807, 2.05) is 4.90 Å². The summed E-state index contributed by atoms with van der Waals surface area (Å²) in [6, 6.07) is 1.58. The number of carbonyl (C=O) groups excluding carboxylic acids is 1. The number of hydrogen-bond acceptors (Lipinski definition) is 7. The van der Waals surface area contributed by atoms with Crippen molar-refractivity contribution >= 4 is 11.9 Å². The first kappa shape index (κ1) is 15.3. The average Bonchev–Trinajstić information content (AvgIpc) is 2.68. The second kappa shape index (κ2) is 6.57. The molecule has 1 aromatic heterocycles. The molecule has 0 saturated carbocycles. The smallest absolute Gasteiger partial charge is 0.232 e. The molecular formula is C13H20N4O4. The quantitative estimate of drug-likeness (QED) is 0.806. The molecule has 1 atom stereocenters. The van der Waals surface area contributed by atoms with Crippen molar-refractivity contribution in [2.45, 2.75) is 13.0 Å². The molecule has 2 rings (SSSR count). The van der Waals surface area contributed by atoms with Gasteiger partial charge in [-0.1, -0.05) is 0 Å². The van der Waals surface area contributed by atoms with Crippen molar-refractivity contribution < 1.29 is 19.4 Å². The molecular weight excluding hydrogens is 276 g/mol. The summed E-state index contributed by atoms with van der Waals surface area (Å²) in [6.45, 7) is 3.20. The Morgan fingerprint density at radius 1 is 1.24 bits per heavy atom. The fourth-order valence-electron chi connectivity index (χ4n) is 2.20. The number of aliphatic hydroxyl groups excluding tert-OH is 1. The maximum atomic E-state index is 11.5. The second-order valence-corrected chi connectivity index (χ2v) is 4.82. The van der Waals surface area contributed by atoms with Crippen molar-refractivity contribution in [2.75, 3.05) is 45.3 Å². The van der Waals surface area contributed by atoms with Crippen LogP contribution in [0.15, 0.2) is 6.07 Å². The van der Waals surface area contributed by atoms with Gasteiger partial charge < -0.3 is 24.4 Å². The molecule has 1 fully saturated rings. The Morgan fingerprint density at radius 3 is 2.38 bits per heavy atom. The van der Waals surface area contributed by atoms with E-state index in [0.29, 0.717) is 43.9 Å². The molecule has 1 N–H and O–H groups in total. The number of amides is 1. The van der Waals surface area contributed by atoms with Crippen LogP contribution in [0.1, 0.15) is 6.92 Å². The van der Waals surface area contributed by atoms with Gasteiger partial charge in [0.1, 0.15) is 0 Å². The molecule has 0 aliphatic carbocycles. The summed E-state index contributed by atoms with van der Waals surface area (Å²) in [4.78, 5) is 23.4. The number of carbonyl (C=O) groups is 1. The minimum atomic E-state index is -0.655. The van der Waals surface area contributed by atoms with E-state index < -0.39 is 6.10 Å². The zero-order chi connectivity index (χ0) is 15.4. The van der Waals surface area contributed by atoms with Crippen LogP contribution in [0.3, 0.4) is 0 Å².